The largest absolute Gasteiger partial charge is 0.348 e. The molecule has 7 nitrogen and oxygen atoms in total. The van der Waals surface area contributed by atoms with Crippen molar-refractivity contribution in [3.05, 3.63) is 71.2 Å². The van der Waals surface area contributed by atoms with E-state index in [-0.39, 0.29) is 17.2 Å². The zero-order valence-electron chi connectivity index (χ0n) is 13.0. The predicted octanol–water partition coefficient (Wildman–Crippen LogP) is 2.25. The molecule has 0 aliphatic rings. The number of hydrogen-bond acceptors (Lipinski definition) is 6. The number of nitrogens with zero attached hydrogens (tertiary/aromatic N) is 4. The molecule has 1 aromatic carbocycles. The van der Waals surface area contributed by atoms with Gasteiger partial charge in [-0.3, -0.25) is 9.78 Å². The molecule has 0 bridgehead atoms. The molecule has 25 heavy (non-hydrogen) atoms. The number of amides is 1. The normalized spacial score (nSPS) is 9.00. The molecule has 0 fully saturated rings. The third-order valence-corrected chi connectivity index (χ3v) is 3.18. The number of nitriles is 3. The van der Waals surface area contributed by atoms with E-state index in [2.05, 4.69) is 15.6 Å². The monoisotopic (exact) mass is 328 g/mol. The fraction of sp³-hybridized carbons (Fsp3) is 0.0556. The molecule has 2 rings (SSSR count). The van der Waals surface area contributed by atoms with Crippen LogP contribution in [0.1, 0.15) is 15.9 Å². The number of anilines is 1. The van der Waals surface area contributed by atoms with Crippen LogP contribution in [0, 0.1) is 34.0 Å². The van der Waals surface area contributed by atoms with E-state index in [1.165, 1.54) is 0 Å². The van der Waals surface area contributed by atoms with E-state index in [1.807, 2.05) is 6.07 Å². The van der Waals surface area contributed by atoms with Crippen molar-refractivity contribution >= 4 is 11.6 Å². The zero-order valence-corrected chi connectivity index (χ0v) is 13.0. The molecule has 0 spiro atoms. The lowest BCUT2D eigenvalue weighted by atomic mass is 10.1. The number of benzene rings is 1. The standard InChI is InChI=1S/C18H12N6O/c19-8-15(9-20)17(10-21)24-16-5-3-14(4-6-16)18(25)23-12-13-2-1-7-22-11-13/h1-7,11,24H,12H2,(H,23,25). The van der Waals surface area contributed by atoms with Crippen molar-refractivity contribution in [3.8, 4) is 18.2 Å². The molecule has 0 aliphatic heterocycles. The van der Waals surface area contributed by atoms with Gasteiger partial charge in [0, 0.05) is 30.2 Å². The molecule has 120 valence electrons. The van der Waals surface area contributed by atoms with Crippen molar-refractivity contribution in [1.29, 1.82) is 15.8 Å². The Kier molecular flexibility index (Phi) is 5.83. The van der Waals surface area contributed by atoms with Crippen LogP contribution in [0.5, 0.6) is 0 Å². The lowest BCUT2D eigenvalue weighted by Gasteiger charge is -2.07. The highest BCUT2D eigenvalue weighted by molar-refractivity contribution is 5.94. The van der Waals surface area contributed by atoms with Crippen molar-refractivity contribution < 1.29 is 4.79 Å². The van der Waals surface area contributed by atoms with Crippen LogP contribution in [0.4, 0.5) is 5.69 Å². The highest BCUT2D eigenvalue weighted by Gasteiger charge is 2.08. The Balaban J connectivity index is 2.04. The van der Waals surface area contributed by atoms with Gasteiger partial charge in [0.25, 0.3) is 5.91 Å². The minimum absolute atomic E-state index is 0.140. The summed E-state index contributed by atoms with van der Waals surface area (Å²) in [6.45, 7) is 0.363. The van der Waals surface area contributed by atoms with Crippen LogP contribution in [0.15, 0.2) is 60.1 Å². The van der Waals surface area contributed by atoms with E-state index in [0.717, 1.165) is 5.56 Å². The van der Waals surface area contributed by atoms with Gasteiger partial charge in [-0.2, -0.15) is 15.8 Å². The molecular weight excluding hydrogens is 316 g/mol. The number of pyridine rings is 1. The Labute approximate surface area is 144 Å². The van der Waals surface area contributed by atoms with Gasteiger partial charge < -0.3 is 10.6 Å². The van der Waals surface area contributed by atoms with Crippen LogP contribution in [0.3, 0.4) is 0 Å². The summed E-state index contributed by atoms with van der Waals surface area (Å²) < 4.78 is 0. The number of carbonyl (C=O) groups is 1. The molecule has 2 aromatic rings. The van der Waals surface area contributed by atoms with Gasteiger partial charge in [0.05, 0.1) is 0 Å². The van der Waals surface area contributed by atoms with Gasteiger partial charge in [0.1, 0.15) is 23.9 Å². The van der Waals surface area contributed by atoms with E-state index in [4.69, 9.17) is 15.8 Å². The molecule has 0 unspecified atom stereocenters. The number of hydrogen-bond donors (Lipinski definition) is 2. The first kappa shape index (κ1) is 17.2. The van der Waals surface area contributed by atoms with Gasteiger partial charge in [-0.15, -0.1) is 0 Å². The summed E-state index contributed by atoms with van der Waals surface area (Å²) in [6.07, 6.45) is 3.33. The Bertz CT molecular complexity index is 895. The maximum Gasteiger partial charge on any atom is 0.251 e. The van der Waals surface area contributed by atoms with Crippen molar-refractivity contribution in [2.45, 2.75) is 6.54 Å². The van der Waals surface area contributed by atoms with E-state index < -0.39 is 0 Å². The van der Waals surface area contributed by atoms with Crippen molar-refractivity contribution in [2.24, 2.45) is 0 Å². The lowest BCUT2D eigenvalue weighted by molar-refractivity contribution is 0.0951. The number of carbonyl (C=O) groups excluding carboxylic acids is 1. The third-order valence-electron chi connectivity index (χ3n) is 3.18. The molecule has 0 aliphatic carbocycles. The molecular formula is C18H12N6O. The molecule has 2 N–H and O–H groups in total. The summed E-state index contributed by atoms with van der Waals surface area (Å²) in [5, 5.41) is 32.1. The lowest BCUT2D eigenvalue weighted by Crippen LogP contribution is -2.22. The summed E-state index contributed by atoms with van der Waals surface area (Å²) in [4.78, 5) is 16.1. The highest BCUT2D eigenvalue weighted by atomic mass is 16.1. The van der Waals surface area contributed by atoms with Crippen molar-refractivity contribution in [2.75, 3.05) is 5.32 Å². The number of allylic oxidation sites excluding steroid dienone is 2. The van der Waals surface area contributed by atoms with Gasteiger partial charge in [0.2, 0.25) is 0 Å². The minimum Gasteiger partial charge on any atom is -0.348 e. The van der Waals surface area contributed by atoms with Crippen molar-refractivity contribution in [3.63, 3.8) is 0 Å². The smallest absolute Gasteiger partial charge is 0.251 e. The first-order valence-corrected chi connectivity index (χ1v) is 7.16. The molecule has 1 heterocycles. The van der Waals surface area contributed by atoms with Crippen LogP contribution < -0.4 is 10.6 Å². The number of nitrogens with one attached hydrogen (secondary N) is 2. The Morgan fingerprint density at radius 3 is 2.32 bits per heavy atom. The van der Waals surface area contributed by atoms with E-state index in [9.17, 15) is 4.79 Å². The van der Waals surface area contributed by atoms with E-state index in [0.29, 0.717) is 17.8 Å². The predicted molar refractivity (Wildman–Crippen MR) is 89.3 cm³/mol. The first-order valence-electron chi connectivity index (χ1n) is 7.16. The van der Waals surface area contributed by atoms with Gasteiger partial charge in [-0.1, -0.05) is 6.07 Å². The first-order chi connectivity index (χ1) is 12.2. The second-order valence-corrected chi connectivity index (χ2v) is 4.83. The van der Waals surface area contributed by atoms with Crippen molar-refractivity contribution in [1.82, 2.24) is 10.3 Å². The molecule has 0 saturated carbocycles. The fourth-order valence-electron chi connectivity index (χ4n) is 1.92. The third kappa shape index (κ3) is 4.66. The summed E-state index contributed by atoms with van der Waals surface area (Å²) in [5.41, 5.74) is 1.37. The van der Waals surface area contributed by atoms with Crippen LogP contribution in [-0.4, -0.2) is 10.9 Å². The summed E-state index contributed by atoms with van der Waals surface area (Å²) in [7, 11) is 0. The Morgan fingerprint density at radius 1 is 1.04 bits per heavy atom. The van der Waals surface area contributed by atoms with Gasteiger partial charge in [-0.05, 0) is 35.9 Å². The molecule has 0 atom stereocenters. The second kappa shape index (κ2) is 8.47. The zero-order chi connectivity index (χ0) is 18.1. The fourth-order valence-corrected chi connectivity index (χ4v) is 1.92. The minimum atomic E-state index is -0.305. The summed E-state index contributed by atoms with van der Waals surface area (Å²) >= 11 is 0. The van der Waals surface area contributed by atoms with Crippen LogP contribution in [0.2, 0.25) is 0 Å². The quantitative estimate of drug-likeness (QED) is 0.811. The van der Waals surface area contributed by atoms with Crippen LogP contribution >= 0.6 is 0 Å². The highest BCUT2D eigenvalue weighted by Crippen LogP contribution is 2.14. The second-order valence-electron chi connectivity index (χ2n) is 4.83. The number of rotatable bonds is 5. The van der Waals surface area contributed by atoms with Crippen LogP contribution in [0.25, 0.3) is 0 Å². The van der Waals surface area contributed by atoms with Gasteiger partial charge in [0.15, 0.2) is 5.57 Å². The number of aromatic nitrogens is 1. The van der Waals surface area contributed by atoms with E-state index >= 15 is 0 Å². The van der Waals surface area contributed by atoms with Gasteiger partial charge in [-0.25, -0.2) is 0 Å². The summed E-state index contributed by atoms with van der Waals surface area (Å²) in [5.74, 6) is -0.249. The molecule has 1 aromatic heterocycles. The topological polar surface area (TPSA) is 125 Å². The maximum absolute atomic E-state index is 12.1. The average molecular weight is 328 g/mol. The Hall–Kier alpha value is -4.15. The molecule has 0 radical (unpaired) electrons. The molecule has 1 amide bonds. The van der Waals surface area contributed by atoms with Crippen LogP contribution in [-0.2, 0) is 6.54 Å². The maximum atomic E-state index is 12.1. The summed E-state index contributed by atoms with van der Waals surface area (Å²) in [6, 6.07) is 15.0. The molecule has 7 heteroatoms. The van der Waals surface area contributed by atoms with Gasteiger partial charge >= 0.3 is 0 Å². The van der Waals surface area contributed by atoms with E-state index in [1.54, 1.807) is 60.9 Å². The Morgan fingerprint density at radius 2 is 1.76 bits per heavy atom. The SMILES string of the molecule is N#CC(C#N)=C(C#N)Nc1ccc(C(=O)NCc2cccnc2)cc1. The average Bonchev–Trinajstić information content (AvgIpc) is 2.67. The molecule has 0 saturated heterocycles.